The van der Waals surface area contributed by atoms with Crippen LogP contribution in [-0.4, -0.2) is 23.1 Å². The second kappa shape index (κ2) is 9.03. The number of anilines is 2. The molecule has 0 aliphatic rings. The van der Waals surface area contributed by atoms with Crippen molar-refractivity contribution >= 4 is 11.8 Å². The van der Waals surface area contributed by atoms with E-state index in [1.54, 1.807) is 6.20 Å². The van der Waals surface area contributed by atoms with Crippen LogP contribution in [0.15, 0.2) is 42.6 Å². The van der Waals surface area contributed by atoms with Crippen LogP contribution >= 0.6 is 0 Å². The standard InChI is InChI=1S/C18H26N4/c1-15(2)10-13-19-17-11-14-21-18(22-17)20-12-6-9-16-7-4-3-5-8-16/h3-5,7-8,11,14-15H,6,9-10,12-13H2,1-2H3,(H2,19,20,21,22). The normalized spacial score (nSPS) is 10.7. The summed E-state index contributed by atoms with van der Waals surface area (Å²) in [6.45, 7) is 6.27. The van der Waals surface area contributed by atoms with Crippen LogP contribution in [0.1, 0.15) is 32.3 Å². The lowest BCUT2D eigenvalue weighted by molar-refractivity contribution is 0.606. The van der Waals surface area contributed by atoms with E-state index in [-0.39, 0.29) is 0 Å². The largest absolute Gasteiger partial charge is 0.370 e. The molecular formula is C18H26N4. The molecule has 2 N–H and O–H groups in total. The molecule has 1 aromatic heterocycles. The molecule has 0 fully saturated rings. The second-order valence-electron chi connectivity index (χ2n) is 5.89. The highest BCUT2D eigenvalue weighted by Crippen LogP contribution is 2.08. The summed E-state index contributed by atoms with van der Waals surface area (Å²) in [7, 11) is 0. The Balaban J connectivity index is 1.71. The van der Waals surface area contributed by atoms with Gasteiger partial charge in [-0.05, 0) is 36.8 Å². The van der Waals surface area contributed by atoms with E-state index in [1.807, 2.05) is 12.1 Å². The summed E-state index contributed by atoms with van der Waals surface area (Å²) in [5.41, 5.74) is 1.37. The molecule has 0 atom stereocenters. The van der Waals surface area contributed by atoms with E-state index in [0.29, 0.717) is 11.9 Å². The summed E-state index contributed by atoms with van der Waals surface area (Å²) in [5, 5.41) is 6.63. The highest BCUT2D eigenvalue weighted by Gasteiger charge is 2.00. The van der Waals surface area contributed by atoms with Gasteiger partial charge in [0.1, 0.15) is 5.82 Å². The molecule has 0 saturated carbocycles. The number of rotatable bonds is 9. The van der Waals surface area contributed by atoms with Crippen LogP contribution < -0.4 is 10.6 Å². The first-order valence-electron chi connectivity index (χ1n) is 8.09. The average molecular weight is 298 g/mol. The number of hydrogen-bond donors (Lipinski definition) is 2. The fraction of sp³-hybridized carbons (Fsp3) is 0.444. The van der Waals surface area contributed by atoms with Crippen LogP contribution in [0.5, 0.6) is 0 Å². The Labute approximate surface area is 133 Å². The van der Waals surface area contributed by atoms with Crippen LogP contribution in [0.25, 0.3) is 0 Å². The molecule has 2 aromatic rings. The van der Waals surface area contributed by atoms with Gasteiger partial charge in [-0.1, -0.05) is 44.2 Å². The molecule has 0 aliphatic carbocycles. The van der Waals surface area contributed by atoms with Gasteiger partial charge in [0.2, 0.25) is 5.95 Å². The fourth-order valence-corrected chi connectivity index (χ4v) is 2.17. The van der Waals surface area contributed by atoms with Gasteiger partial charge in [0.15, 0.2) is 0 Å². The van der Waals surface area contributed by atoms with Crippen molar-refractivity contribution in [3.05, 3.63) is 48.2 Å². The van der Waals surface area contributed by atoms with Gasteiger partial charge in [-0.3, -0.25) is 0 Å². The van der Waals surface area contributed by atoms with Gasteiger partial charge in [0.25, 0.3) is 0 Å². The van der Waals surface area contributed by atoms with E-state index < -0.39 is 0 Å². The molecule has 0 amide bonds. The molecule has 2 rings (SSSR count). The maximum Gasteiger partial charge on any atom is 0.224 e. The number of benzene rings is 1. The Hall–Kier alpha value is -2.10. The Kier molecular flexibility index (Phi) is 6.68. The third-order valence-corrected chi connectivity index (χ3v) is 3.45. The minimum Gasteiger partial charge on any atom is -0.370 e. The van der Waals surface area contributed by atoms with Crippen molar-refractivity contribution in [2.75, 3.05) is 23.7 Å². The lowest BCUT2D eigenvalue weighted by atomic mass is 10.1. The zero-order valence-corrected chi connectivity index (χ0v) is 13.5. The Morgan fingerprint density at radius 1 is 1.00 bits per heavy atom. The van der Waals surface area contributed by atoms with Gasteiger partial charge in [0, 0.05) is 19.3 Å². The van der Waals surface area contributed by atoms with Crippen LogP contribution in [0, 0.1) is 5.92 Å². The summed E-state index contributed by atoms with van der Waals surface area (Å²) in [6.07, 6.45) is 5.08. The number of nitrogens with zero attached hydrogens (tertiary/aromatic N) is 2. The molecule has 0 bridgehead atoms. The summed E-state index contributed by atoms with van der Waals surface area (Å²) < 4.78 is 0. The van der Waals surface area contributed by atoms with Crippen LogP contribution in [0.2, 0.25) is 0 Å². The summed E-state index contributed by atoms with van der Waals surface area (Å²) in [5.74, 6) is 2.29. The Morgan fingerprint density at radius 2 is 1.82 bits per heavy atom. The molecular weight excluding hydrogens is 272 g/mol. The third-order valence-electron chi connectivity index (χ3n) is 3.45. The number of aryl methyl sites for hydroxylation is 1. The Bertz CT molecular complexity index is 540. The molecule has 0 aliphatic heterocycles. The number of nitrogens with one attached hydrogen (secondary N) is 2. The predicted octanol–water partition coefficient (Wildman–Crippen LogP) is 3.98. The smallest absolute Gasteiger partial charge is 0.224 e. The van der Waals surface area contributed by atoms with Gasteiger partial charge >= 0.3 is 0 Å². The van der Waals surface area contributed by atoms with E-state index in [0.717, 1.165) is 38.2 Å². The van der Waals surface area contributed by atoms with Crippen molar-refractivity contribution in [1.82, 2.24) is 9.97 Å². The van der Waals surface area contributed by atoms with E-state index in [1.165, 1.54) is 5.56 Å². The van der Waals surface area contributed by atoms with Gasteiger partial charge < -0.3 is 10.6 Å². The lowest BCUT2D eigenvalue weighted by Gasteiger charge is -2.09. The van der Waals surface area contributed by atoms with Crippen LogP contribution in [-0.2, 0) is 6.42 Å². The topological polar surface area (TPSA) is 49.8 Å². The molecule has 118 valence electrons. The lowest BCUT2D eigenvalue weighted by Crippen LogP contribution is -2.10. The average Bonchev–Trinajstić information content (AvgIpc) is 2.53. The molecule has 1 heterocycles. The molecule has 0 saturated heterocycles. The SMILES string of the molecule is CC(C)CCNc1ccnc(NCCCc2ccccc2)n1. The molecule has 22 heavy (non-hydrogen) atoms. The first-order valence-corrected chi connectivity index (χ1v) is 8.09. The van der Waals surface area contributed by atoms with Crippen LogP contribution in [0.4, 0.5) is 11.8 Å². The van der Waals surface area contributed by atoms with E-state index in [9.17, 15) is 0 Å². The first kappa shape index (κ1) is 16.3. The molecule has 0 spiro atoms. The monoisotopic (exact) mass is 298 g/mol. The van der Waals surface area contributed by atoms with Crippen molar-refractivity contribution in [3.63, 3.8) is 0 Å². The van der Waals surface area contributed by atoms with Crippen molar-refractivity contribution in [2.45, 2.75) is 33.1 Å². The molecule has 0 radical (unpaired) electrons. The zero-order valence-electron chi connectivity index (χ0n) is 13.5. The van der Waals surface area contributed by atoms with Crippen LogP contribution in [0.3, 0.4) is 0 Å². The van der Waals surface area contributed by atoms with Gasteiger partial charge in [-0.2, -0.15) is 4.98 Å². The quantitative estimate of drug-likeness (QED) is 0.688. The maximum absolute atomic E-state index is 4.48. The van der Waals surface area contributed by atoms with Crippen molar-refractivity contribution in [3.8, 4) is 0 Å². The minimum atomic E-state index is 0.697. The first-order chi connectivity index (χ1) is 10.7. The molecule has 0 unspecified atom stereocenters. The summed E-state index contributed by atoms with van der Waals surface area (Å²) >= 11 is 0. The second-order valence-corrected chi connectivity index (χ2v) is 5.89. The van der Waals surface area contributed by atoms with Gasteiger partial charge in [-0.25, -0.2) is 4.98 Å². The van der Waals surface area contributed by atoms with Gasteiger partial charge in [-0.15, -0.1) is 0 Å². The highest BCUT2D eigenvalue weighted by molar-refractivity contribution is 5.39. The fourth-order valence-electron chi connectivity index (χ4n) is 2.17. The maximum atomic E-state index is 4.48. The summed E-state index contributed by atoms with van der Waals surface area (Å²) in [4.78, 5) is 8.75. The highest BCUT2D eigenvalue weighted by atomic mass is 15.1. The number of hydrogen-bond acceptors (Lipinski definition) is 4. The van der Waals surface area contributed by atoms with E-state index in [2.05, 4.69) is 58.7 Å². The van der Waals surface area contributed by atoms with E-state index >= 15 is 0 Å². The van der Waals surface area contributed by atoms with Gasteiger partial charge in [0.05, 0.1) is 0 Å². The number of aromatic nitrogens is 2. The summed E-state index contributed by atoms with van der Waals surface area (Å²) in [6, 6.07) is 12.4. The Morgan fingerprint density at radius 3 is 2.59 bits per heavy atom. The van der Waals surface area contributed by atoms with Crippen molar-refractivity contribution < 1.29 is 0 Å². The van der Waals surface area contributed by atoms with Crippen molar-refractivity contribution in [1.29, 1.82) is 0 Å². The predicted molar refractivity (Wildman–Crippen MR) is 93.2 cm³/mol. The molecule has 4 nitrogen and oxygen atoms in total. The third kappa shape index (κ3) is 6.12. The van der Waals surface area contributed by atoms with E-state index in [4.69, 9.17) is 0 Å². The van der Waals surface area contributed by atoms with Crippen molar-refractivity contribution in [2.24, 2.45) is 5.92 Å². The zero-order chi connectivity index (χ0) is 15.6. The molecule has 1 aromatic carbocycles. The molecule has 4 heteroatoms. The minimum absolute atomic E-state index is 0.697.